The van der Waals surface area contributed by atoms with Crippen molar-refractivity contribution in [2.75, 3.05) is 25.7 Å². The molecule has 2 rings (SSSR count). The predicted octanol–water partition coefficient (Wildman–Crippen LogP) is 2.68. The van der Waals surface area contributed by atoms with E-state index < -0.39 is 0 Å². The SMILES string of the molecule is COC(=O)N1CC=C(C)c2c(OC)cccc21. The highest BCUT2D eigenvalue weighted by Gasteiger charge is 2.24. The molecule has 4 heteroatoms. The van der Waals surface area contributed by atoms with Crippen molar-refractivity contribution in [3.05, 3.63) is 29.8 Å². The minimum Gasteiger partial charge on any atom is -0.496 e. The number of nitrogens with zero attached hydrogens (tertiary/aromatic N) is 1. The highest BCUT2D eigenvalue weighted by Crippen LogP contribution is 2.38. The summed E-state index contributed by atoms with van der Waals surface area (Å²) >= 11 is 0. The minimum absolute atomic E-state index is 0.358. The molecular formula is C13H15NO3. The molecule has 1 aliphatic rings. The summed E-state index contributed by atoms with van der Waals surface area (Å²) < 4.78 is 10.1. The lowest BCUT2D eigenvalue weighted by molar-refractivity contribution is 0.179. The van der Waals surface area contributed by atoms with Crippen LogP contribution in [-0.2, 0) is 4.74 Å². The molecule has 1 aromatic rings. The Morgan fingerprint density at radius 3 is 2.76 bits per heavy atom. The fourth-order valence-electron chi connectivity index (χ4n) is 2.02. The molecule has 1 amide bonds. The fourth-order valence-corrected chi connectivity index (χ4v) is 2.02. The zero-order valence-electron chi connectivity index (χ0n) is 10.2. The van der Waals surface area contributed by atoms with Crippen molar-refractivity contribution in [1.29, 1.82) is 0 Å². The number of hydrogen-bond donors (Lipinski definition) is 0. The summed E-state index contributed by atoms with van der Waals surface area (Å²) in [5, 5.41) is 0. The van der Waals surface area contributed by atoms with Gasteiger partial charge in [0.15, 0.2) is 0 Å². The lowest BCUT2D eigenvalue weighted by atomic mass is 9.99. The van der Waals surface area contributed by atoms with Crippen LogP contribution in [0.1, 0.15) is 12.5 Å². The van der Waals surface area contributed by atoms with Crippen LogP contribution in [0.25, 0.3) is 5.57 Å². The molecule has 0 N–H and O–H groups in total. The van der Waals surface area contributed by atoms with E-state index in [1.54, 1.807) is 12.0 Å². The van der Waals surface area contributed by atoms with Gasteiger partial charge >= 0.3 is 6.09 Å². The van der Waals surface area contributed by atoms with Crippen molar-refractivity contribution in [2.45, 2.75) is 6.92 Å². The third-order valence-electron chi connectivity index (χ3n) is 2.88. The number of amides is 1. The van der Waals surface area contributed by atoms with Crippen molar-refractivity contribution < 1.29 is 14.3 Å². The first-order valence-electron chi connectivity index (χ1n) is 5.38. The number of fused-ring (bicyclic) bond motifs is 1. The van der Waals surface area contributed by atoms with E-state index in [9.17, 15) is 4.79 Å². The Kier molecular flexibility index (Phi) is 3.04. The molecule has 0 aromatic heterocycles. The van der Waals surface area contributed by atoms with Gasteiger partial charge in [-0.1, -0.05) is 12.1 Å². The summed E-state index contributed by atoms with van der Waals surface area (Å²) in [5.74, 6) is 0.768. The van der Waals surface area contributed by atoms with E-state index in [0.717, 1.165) is 22.6 Å². The molecule has 0 saturated carbocycles. The monoisotopic (exact) mass is 233 g/mol. The number of hydrogen-bond acceptors (Lipinski definition) is 3. The number of carbonyl (C=O) groups is 1. The van der Waals surface area contributed by atoms with Crippen LogP contribution in [0.2, 0.25) is 0 Å². The molecule has 0 radical (unpaired) electrons. The third-order valence-corrected chi connectivity index (χ3v) is 2.88. The smallest absolute Gasteiger partial charge is 0.414 e. The van der Waals surface area contributed by atoms with E-state index in [4.69, 9.17) is 9.47 Å². The van der Waals surface area contributed by atoms with E-state index in [1.807, 2.05) is 31.2 Å². The average Bonchev–Trinajstić information content (AvgIpc) is 2.37. The Labute approximate surface area is 100 Å². The van der Waals surface area contributed by atoms with Crippen LogP contribution in [0, 0.1) is 0 Å². The van der Waals surface area contributed by atoms with Crippen LogP contribution in [0.4, 0.5) is 10.5 Å². The Morgan fingerprint density at radius 1 is 1.35 bits per heavy atom. The van der Waals surface area contributed by atoms with Gasteiger partial charge in [0.25, 0.3) is 0 Å². The first-order chi connectivity index (χ1) is 8.19. The molecule has 90 valence electrons. The molecule has 0 unspecified atom stereocenters. The van der Waals surface area contributed by atoms with Gasteiger partial charge < -0.3 is 9.47 Å². The van der Waals surface area contributed by atoms with Gasteiger partial charge in [0.05, 0.1) is 19.9 Å². The molecule has 0 bridgehead atoms. The number of benzene rings is 1. The molecule has 0 saturated heterocycles. The Bertz CT molecular complexity index is 480. The summed E-state index contributed by atoms with van der Waals surface area (Å²) in [5.41, 5.74) is 2.89. The Morgan fingerprint density at radius 2 is 2.12 bits per heavy atom. The van der Waals surface area contributed by atoms with E-state index in [-0.39, 0.29) is 6.09 Å². The maximum Gasteiger partial charge on any atom is 0.414 e. The van der Waals surface area contributed by atoms with Gasteiger partial charge in [-0.15, -0.1) is 0 Å². The summed E-state index contributed by atoms with van der Waals surface area (Å²) in [6, 6.07) is 5.65. The normalized spacial score (nSPS) is 13.8. The highest BCUT2D eigenvalue weighted by atomic mass is 16.5. The lowest BCUT2D eigenvalue weighted by Gasteiger charge is -2.28. The van der Waals surface area contributed by atoms with Crippen LogP contribution in [0.3, 0.4) is 0 Å². The number of allylic oxidation sites excluding steroid dienone is 1. The summed E-state index contributed by atoms with van der Waals surface area (Å²) in [7, 11) is 3.01. The minimum atomic E-state index is -0.358. The third kappa shape index (κ3) is 1.86. The van der Waals surface area contributed by atoms with Crippen molar-refractivity contribution in [3.63, 3.8) is 0 Å². The van der Waals surface area contributed by atoms with E-state index in [2.05, 4.69) is 0 Å². The number of carbonyl (C=O) groups excluding carboxylic acids is 1. The molecule has 0 spiro atoms. The van der Waals surface area contributed by atoms with Gasteiger partial charge in [-0.05, 0) is 24.6 Å². The van der Waals surface area contributed by atoms with Crippen LogP contribution < -0.4 is 9.64 Å². The molecule has 1 aromatic carbocycles. The van der Waals surface area contributed by atoms with Gasteiger partial charge in [-0.2, -0.15) is 0 Å². The summed E-state index contributed by atoms with van der Waals surface area (Å²) in [6.45, 7) is 2.54. The zero-order valence-corrected chi connectivity index (χ0v) is 10.2. The first kappa shape index (κ1) is 11.5. The molecule has 1 heterocycles. The number of anilines is 1. The van der Waals surface area contributed by atoms with Gasteiger partial charge in [0.2, 0.25) is 0 Å². The molecule has 4 nitrogen and oxygen atoms in total. The number of methoxy groups -OCH3 is 2. The average molecular weight is 233 g/mol. The van der Waals surface area contributed by atoms with Crippen molar-refractivity contribution in [1.82, 2.24) is 0 Å². The van der Waals surface area contributed by atoms with Crippen molar-refractivity contribution in [3.8, 4) is 5.75 Å². The first-order valence-corrected chi connectivity index (χ1v) is 5.38. The van der Waals surface area contributed by atoms with Crippen molar-refractivity contribution in [2.24, 2.45) is 0 Å². The topological polar surface area (TPSA) is 38.8 Å². The largest absolute Gasteiger partial charge is 0.496 e. The van der Waals surface area contributed by atoms with Crippen LogP contribution in [-0.4, -0.2) is 26.9 Å². The van der Waals surface area contributed by atoms with E-state index in [1.165, 1.54) is 7.11 Å². The molecule has 0 aliphatic carbocycles. The summed E-state index contributed by atoms with van der Waals surface area (Å²) in [6.07, 6.45) is 1.63. The second-order valence-corrected chi connectivity index (χ2v) is 3.82. The molecule has 0 fully saturated rings. The van der Waals surface area contributed by atoms with Gasteiger partial charge in [0, 0.05) is 12.1 Å². The molecule has 1 aliphatic heterocycles. The van der Waals surface area contributed by atoms with Crippen LogP contribution in [0.15, 0.2) is 24.3 Å². The second kappa shape index (κ2) is 4.49. The van der Waals surface area contributed by atoms with E-state index in [0.29, 0.717) is 6.54 Å². The molecule has 17 heavy (non-hydrogen) atoms. The molecule has 0 atom stereocenters. The Balaban J connectivity index is 2.55. The predicted molar refractivity (Wildman–Crippen MR) is 66.4 cm³/mol. The molecular weight excluding hydrogens is 218 g/mol. The van der Waals surface area contributed by atoms with Crippen molar-refractivity contribution >= 4 is 17.4 Å². The Hall–Kier alpha value is -1.97. The summed E-state index contributed by atoms with van der Waals surface area (Å²) in [4.78, 5) is 13.3. The van der Waals surface area contributed by atoms with Gasteiger partial charge in [-0.3, -0.25) is 4.90 Å². The maximum absolute atomic E-state index is 11.7. The fraction of sp³-hybridized carbons (Fsp3) is 0.308. The zero-order chi connectivity index (χ0) is 12.4. The maximum atomic E-state index is 11.7. The second-order valence-electron chi connectivity index (χ2n) is 3.82. The quantitative estimate of drug-likeness (QED) is 0.748. The van der Waals surface area contributed by atoms with Gasteiger partial charge in [0.1, 0.15) is 5.75 Å². The van der Waals surface area contributed by atoms with Crippen LogP contribution in [0.5, 0.6) is 5.75 Å². The van der Waals surface area contributed by atoms with Crippen LogP contribution >= 0.6 is 0 Å². The highest BCUT2D eigenvalue weighted by molar-refractivity contribution is 5.96. The van der Waals surface area contributed by atoms with Gasteiger partial charge in [-0.25, -0.2) is 4.79 Å². The number of ether oxygens (including phenoxy) is 2. The standard InChI is InChI=1S/C13H15NO3/c1-9-7-8-14(13(15)17-3)10-5-4-6-11(16-2)12(9)10/h4-7H,8H2,1-3H3. The van der Waals surface area contributed by atoms with E-state index >= 15 is 0 Å². The number of rotatable bonds is 1. The lowest BCUT2D eigenvalue weighted by Crippen LogP contribution is -2.33.